The molecule has 0 atom stereocenters. The van der Waals surface area contributed by atoms with Gasteiger partial charge in [0, 0.05) is 82.1 Å². The quantitative estimate of drug-likeness (QED) is 0.172. The van der Waals surface area contributed by atoms with Gasteiger partial charge >= 0.3 is 0 Å². The summed E-state index contributed by atoms with van der Waals surface area (Å²) in [4.78, 5) is 0. The van der Waals surface area contributed by atoms with Crippen LogP contribution in [0.5, 0.6) is 0 Å². The van der Waals surface area contributed by atoms with Crippen LogP contribution in [-0.4, -0.2) is 0 Å². The van der Waals surface area contributed by atoms with E-state index in [0.717, 1.165) is 22.3 Å². The van der Waals surface area contributed by atoms with Gasteiger partial charge in [0.25, 0.3) is 0 Å². The first-order valence-corrected chi connectivity index (χ1v) is 42.7. The van der Waals surface area contributed by atoms with Crippen molar-refractivity contribution in [2.75, 3.05) is 0 Å². The van der Waals surface area contributed by atoms with Crippen LogP contribution in [-0.2, 0) is 27.1 Å². The Balaban J connectivity index is 0.000000108. The van der Waals surface area contributed by atoms with Crippen LogP contribution >= 0.6 is 34.0 Å². The number of hydrogen-bond acceptors (Lipinski definition) is 5. The van der Waals surface area contributed by atoms with Crippen molar-refractivity contribution in [3.05, 3.63) is 361 Å². The predicted molar refractivity (Wildman–Crippen MR) is 506 cm³/mol. The van der Waals surface area contributed by atoms with Crippen LogP contribution in [0.15, 0.2) is 342 Å². The fraction of sp³-hybridized carbons (Fsp3) is 0.182. The molecule has 0 N–H and O–H groups in total. The summed E-state index contributed by atoms with van der Waals surface area (Å²) < 4.78 is 20.5. The van der Waals surface area contributed by atoms with Gasteiger partial charge in [-0.05, 0) is 195 Å². The van der Waals surface area contributed by atoms with Crippen molar-refractivity contribution in [1.29, 1.82) is 0 Å². The van der Waals surface area contributed by atoms with Gasteiger partial charge in [-0.15, -0.1) is 34.0 Å². The third-order valence-electron chi connectivity index (χ3n) is 22.2. The van der Waals surface area contributed by atoms with E-state index >= 15 is 0 Å². The maximum absolute atomic E-state index is 6.08. The molecule has 0 spiro atoms. The Hall–Kier alpha value is -11.4. The second-order valence-electron chi connectivity index (χ2n) is 35.6. The fourth-order valence-corrected chi connectivity index (χ4v) is 19.3. The monoisotopic (exact) mass is 1550 g/mol. The van der Waals surface area contributed by atoms with E-state index in [1.807, 2.05) is 46.1 Å². The van der Waals surface area contributed by atoms with Crippen molar-refractivity contribution in [3.8, 4) is 55.6 Å². The Morgan fingerprint density at radius 2 is 0.530 bits per heavy atom. The zero-order valence-electron chi connectivity index (χ0n) is 68.8. The third kappa shape index (κ3) is 16.5. The topological polar surface area (TPSA) is 26.3 Å². The van der Waals surface area contributed by atoms with Gasteiger partial charge in [-0.25, -0.2) is 0 Å². The number of fused-ring (bicyclic) bond motifs is 15. The molecule has 5 heteroatoms. The van der Waals surface area contributed by atoms with Crippen LogP contribution in [0.2, 0.25) is 0 Å². The molecule has 0 aliphatic heterocycles. The summed E-state index contributed by atoms with van der Waals surface area (Å²) in [6.07, 6.45) is 0. The van der Waals surface area contributed by atoms with Crippen molar-refractivity contribution < 1.29 is 8.83 Å². The van der Waals surface area contributed by atoms with E-state index in [0.29, 0.717) is 0 Å². The number of hydrogen-bond donors (Lipinski definition) is 0. The summed E-state index contributed by atoms with van der Waals surface area (Å²) in [5.41, 5.74) is 24.1. The van der Waals surface area contributed by atoms with Crippen molar-refractivity contribution >= 4 is 138 Å². The van der Waals surface area contributed by atoms with Crippen molar-refractivity contribution in [1.82, 2.24) is 0 Å². The Kier molecular flexibility index (Phi) is 21.2. The first kappa shape index (κ1) is 77.5. The molecule has 0 fully saturated rings. The average molecular weight is 1550 g/mol. The molecule has 0 saturated carbocycles. The van der Waals surface area contributed by atoms with Crippen LogP contribution in [0.4, 0.5) is 0 Å². The van der Waals surface area contributed by atoms with E-state index < -0.39 is 0 Å². The van der Waals surface area contributed by atoms with E-state index in [9.17, 15) is 0 Å². The van der Waals surface area contributed by atoms with E-state index in [1.165, 1.54) is 166 Å². The molecule has 0 aliphatic rings. The Labute approximate surface area is 690 Å². The lowest BCUT2D eigenvalue weighted by Gasteiger charge is -2.20. The number of furan rings is 2. The lowest BCUT2D eigenvalue weighted by atomic mass is 9.84. The van der Waals surface area contributed by atoms with Gasteiger partial charge in [-0.3, -0.25) is 0 Å². The molecule has 0 unspecified atom stereocenters. The van der Waals surface area contributed by atoms with E-state index in [-0.39, 0.29) is 27.1 Å². The predicted octanol–water partition coefficient (Wildman–Crippen LogP) is 34.2. The van der Waals surface area contributed by atoms with Crippen molar-refractivity contribution in [3.63, 3.8) is 0 Å². The van der Waals surface area contributed by atoms with E-state index in [1.54, 1.807) is 0 Å². The molecule has 5 aromatic heterocycles. The summed E-state index contributed by atoms with van der Waals surface area (Å²) >= 11 is 5.71. The standard InChI is InChI=1S/2C22H20O.3C22H20S/c1-22(2,3)18-10-7-11-20-21(18)17-14-16(12-13-19(17)23-20)15-8-5-4-6-9-15;1-22(2,3)17-10-12-20-19(14-17)18-11-9-16(13-21(18)23-20)15-7-5-4-6-8-15;1-22(2,3)19-11-7-10-17-18-14-16(15-8-5-4-6-9-15)12-13-20(18)23-21(17)19;1-22(2,3)17-10-12-20-19(14-17)18-11-9-16(13-21(18)23-20)15-7-5-4-6-8-15;1-22(2,3)17-10-12-19-18-11-9-16(15-7-5-4-6-8-15)13-20(18)23-21(19)14-17/h5*4-14H,1-3H3. The smallest absolute Gasteiger partial charge is 0.136 e. The van der Waals surface area contributed by atoms with Crippen LogP contribution in [0.1, 0.15) is 132 Å². The van der Waals surface area contributed by atoms with Gasteiger partial charge < -0.3 is 8.83 Å². The first-order chi connectivity index (χ1) is 55.1. The molecule has 20 aromatic rings. The highest BCUT2D eigenvalue weighted by molar-refractivity contribution is 7.26. The largest absolute Gasteiger partial charge is 0.456 e. The highest BCUT2D eigenvalue weighted by Crippen LogP contribution is 2.45. The molecule has 15 aromatic carbocycles. The molecule has 0 radical (unpaired) electrons. The lowest BCUT2D eigenvalue weighted by Crippen LogP contribution is -2.11. The summed E-state index contributed by atoms with van der Waals surface area (Å²) in [5.74, 6) is 0. The number of thiophene rings is 3. The zero-order chi connectivity index (χ0) is 80.1. The van der Waals surface area contributed by atoms with Crippen LogP contribution in [0, 0.1) is 0 Å². The third-order valence-corrected chi connectivity index (χ3v) is 25.6. The minimum absolute atomic E-state index is 0.0824. The van der Waals surface area contributed by atoms with Gasteiger partial charge in [0.1, 0.15) is 22.3 Å². The van der Waals surface area contributed by atoms with Gasteiger partial charge in [0.2, 0.25) is 0 Å². The number of benzene rings is 15. The molecular formula is C110H100O2S3. The zero-order valence-corrected chi connectivity index (χ0v) is 71.2. The number of rotatable bonds is 5. The van der Waals surface area contributed by atoms with E-state index in [2.05, 4.69) is 425 Å². The second-order valence-corrected chi connectivity index (χ2v) is 38.9. The fourth-order valence-electron chi connectivity index (χ4n) is 15.6. The maximum Gasteiger partial charge on any atom is 0.136 e. The van der Waals surface area contributed by atoms with Gasteiger partial charge in [0.15, 0.2) is 0 Å². The summed E-state index contributed by atoms with van der Waals surface area (Å²) in [7, 11) is 0. The summed E-state index contributed by atoms with van der Waals surface area (Å²) in [6.45, 7) is 34.0. The van der Waals surface area contributed by atoms with Crippen molar-refractivity contribution in [2.45, 2.75) is 131 Å². The Bertz CT molecular complexity index is 6630. The minimum atomic E-state index is 0.0824. The molecule has 5 heterocycles. The van der Waals surface area contributed by atoms with Gasteiger partial charge in [-0.2, -0.15) is 0 Å². The first-order valence-electron chi connectivity index (χ1n) is 40.2. The lowest BCUT2D eigenvalue weighted by molar-refractivity contribution is 0.590. The molecule has 115 heavy (non-hydrogen) atoms. The molecule has 0 aliphatic carbocycles. The second kappa shape index (κ2) is 31.4. The summed E-state index contributed by atoms with van der Waals surface area (Å²) in [5, 5.41) is 13.1. The normalized spacial score (nSPS) is 12.1. The molecule has 2 nitrogen and oxygen atoms in total. The van der Waals surface area contributed by atoms with Crippen LogP contribution in [0.3, 0.4) is 0 Å². The van der Waals surface area contributed by atoms with Gasteiger partial charge in [0.05, 0.1) is 0 Å². The Morgan fingerprint density at radius 3 is 1.05 bits per heavy atom. The molecular weight excluding hydrogens is 1450 g/mol. The molecule has 0 saturated heterocycles. The highest BCUT2D eigenvalue weighted by atomic mass is 32.1. The molecule has 570 valence electrons. The van der Waals surface area contributed by atoms with Gasteiger partial charge in [-0.1, -0.05) is 353 Å². The Morgan fingerprint density at radius 1 is 0.183 bits per heavy atom. The average Bonchev–Trinajstić information content (AvgIpc) is 1.64. The molecule has 20 rings (SSSR count). The molecule has 0 amide bonds. The molecule has 0 bridgehead atoms. The van der Waals surface area contributed by atoms with Crippen molar-refractivity contribution in [2.24, 2.45) is 0 Å². The summed E-state index contributed by atoms with van der Waals surface area (Å²) in [6, 6.07) is 120. The SMILES string of the molecule is CC(C)(C)c1ccc2c(c1)sc1cc(-c3ccccc3)ccc12.CC(C)(C)c1ccc2oc3cc(-c4ccccc4)ccc3c2c1.CC(C)(C)c1ccc2sc3cc(-c4ccccc4)ccc3c2c1.CC(C)(C)c1cccc2c1sc1ccc(-c3ccccc3)cc12.CC(C)(C)c1cccc2oc3ccc(-c4ccccc4)cc3c12. The minimum Gasteiger partial charge on any atom is -0.456 e. The van der Waals surface area contributed by atoms with Crippen LogP contribution < -0.4 is 0 Å². The highest BCUT2D eigenvalue weighted by Gasteiger charge is 2.24. The maximum atomic E-state index is 6.08. The van der Waals surface area contributed by atoms with Crippen LogP contribution in [0.25, 0.3) is 160 Å². The van der Waals surface area contributed by atoms with E-state index in [4.69, 9.17) is 8.83 Å².